The van der Waals surface area contributed by atoms with Gasteiger partial charge in [-0.25, -0.2) is 9.59 Å². The molecule has 0 saturated heterocycles. The SMILES string of the molecule is C=C(CC(O)c1ccc(C(=O)OC)cc1)C(=O)O. The summed E-state index contributed by atoms with van der Waals surface area (Å²) in [5.74, 6) is -1.61. The number of carboxylic acids is 1. The molecule has 18 heavy (non-hydrogen) atoms. The van der Waals surface area contributed by atoms with Gasteiger partial charge in [0.05, 0.1) is 18.8 Å². The van der Waals surface area contributed by atoms with Gasteiger partial charge in [-0.15, -0.1) is 0 Å². The highest BCUT2D eigenvalue weighted by atomic mass is 16.5. The van der Waals surface area contributed by atoms with E-state index in [-0.39, 0.29) is 12.0 Å². The number of carboxylic acid groups (broad SMARTS) is 1. The van der Waals surface area contributed by atoms with Gasteiger partial charge < -0.3 is 14.9 Å². The quantitative estimate of drug-likeness (QED) is 0.611. The Bertz CT molecular complexity index is 461. The Morgan fingerprint density at radius 1 is 1.33 bits per heavy atom. The molecule has 1 unspecified atom stereocenters. The fourth-order valence-corrected chi connectivity index (χ4v) is 1.40. The van der Waals surface area contributed by atoms with E-state index in [1.165, 1.54) is 19.2 Å². The van der Waals surface area contributed by atoms with E-state index in [0.29, 0.717) is 11.1 Å². The van der Waals surface area contributed by atoms with Gasteiger partial charge in [-0.1, -0.05) is 18.7 Å². The molecular weight excluding hydrogens is 236 g/mol. The van der Waals surface area contributed by atoms with Crippen LogP contribution >= 0.6 is 0 Å². The topological polar surface area (TPSA) is 83.8 Å². The number of benzene rings is 1. The van der Waals surface area contributed by atoms with E-state index in [0.717, 1.165) is 0 Å². The molecular formula is C13H14O5. The van der Waals surface area contributed by atoms with Crippen molar-refractivity contribution in [2.24, 2.45) is 0 Å². The third-order valence-corrected chi connectivity index (χ3v) is 2.46. The molecule has 1 aromatic rings. The van der Waals surface area contributed by atoms with Crippen LogP contribution in [0.4, 0.5) is 0 Å². The van der Waals surface area contributed by atoms with Crippen molar-refractivity contribution in [3.05, 3.63) is 47.5 Å². The molecule has 96 valence electrons. The standard InChI is InChI=1S/C13H14O5/c1-8(12(15)16)7-11(14)9-3-5-10(6-4-9)13(17)18-2/h3-6,11,14H,1,7H2,2H3,(H,15,16). The van der Waals surface area contributed by atoms with Gasteiger partial charge in [-0.2, -0.15) is 0 Å². The molecule has 0 spiro atoms. The molecule has 0 saturated carbocycles. The average Bonchev–Trinajstić information content (AvgIpc) is 2.37. The second-order valence-electron chi connectivity index (χ2n) is 3.74. The maximum Gasteiger partial charge on any atom is 0.337 e. The second-order valence-corrected chi connectivity index (χ2v) is 3.74. The molecule has 5 nitrogen and oxygen atoms in total. The monoisotopic (exact) mass is 250 g/mol. The fourth-order valence-electron chi connectivity index (χ4n) is 1.40. The molecule has 2 N–H and O–H groups in total. The summed E-state index contributed by atoms with van der Waals surface area (Å²) in [6, 6.07) is 6.11. The summed E-state index contributed by atoms with van der Waals surface area (Å²) in [6.45, 7) is 3.35. The molecule has 1 aromatic carbocycles. The summed E-state index contributed by atoms with van der Waals surface area (Å²) >= 11 is 0. The summed E-state index contributed by atoms with van der Waals surface area (Å²) in [5, 5.41) is 18.4. The van der Waals surface area contributed by atoms with Crippen molar-refractivity contribution in [3.8, 4) is 0 Å². The highest BCUT2D eigenvalue weighted by Crippen LogP contribution is 2.20. The Morgan fingerprint density at radius 2 is 1.89 bits per heavy atom. The predicted octanol–water partition coefficient (Wildman–Crippen LogP) is 1.54. The number of esters is 1. The van der Waals surface area contributed by atoms with Crippen molar-refractivity contribution in [1.82, 2.24) is 0 Å². The second kappa shape index (κ2) is 5.97. The molecule has 5 heteroatoms. The molecule has 1 rings (SSSR count). The van der Waals surface area contributed by atoms with Crippen LogP contribution in [-0.4, -0.2) is 29.3 Å². The summed E-state index contributed by atoms with van der Waals surface area (Å²) < 4.78 is 4.54. The zero-order valence-corrected chi connectivity index (χ0v) is 9.92. The largest absolute Gasteiger partial charge is 0.478 e. The molecule has 0 aliphatic rings. The molecule has 0 aliphatic carbocycles. The van der Waals surface area contributed by atoms with Crippen molar-refractivity contribution in [1.29, 1.82) is 0 Å². The maximum absolute atomic E-state index is 11.2. The van der Waals surface area contributed by atoms with Gasteiger partial charge in [0.15, 0.2) is 0 Å². The molecule has 0 heterocycles. The Labute approximate surface area is 104 Å². The van der Waals surface area contributed by atoms with E-state index in [1.807, 2.05) is 0 Å². The highest BCUT2D eigenvalue weighted by Gasteiger charge is 2.14. The average molecular weight is 250 g/mol. The lowest BCUT2D eigenvalue weighted by atomic mass is 10.0. The number of carbonyl (C=O) groups excluding carboxylic acids is 1. The minimum atomic E-state index is -1.14. The van der Waals surface area contributed by atoms with Crippen LogP contribution in [0.5, 0.6) is 0 Å². The van der Waals surface area contributed by atoms with Crippen LogP contribution in [0.2, 0.25) is 0 Å². The van der Waals surface area contributed by atoms with Gasteiger partial charge in [-0.05, 0) is 17.7 Å². The van der Waals surface area contributed by atoms with Crippen molar-refractivity contribution < 1.29 is 24.5 Å². The zero-order valence-electron chi connectivity index (χ0n) is 9.92. The van der Waals surface area contributed by atoms with Crippen LogP contribution in [-0.2, 0) is 9.53 Å². The van der Waals surface area contributed by atoms with E-state index in [1.54, 1.807) is 12.1 Å². The van der Waals surface area contributed by atoms with Gasteiger partial charge >= 0.3 is 11.9 Å². The molecule has 0 fully saturated rings. The van der Waals surface area contributed by atoms with Crippen LogP contribution < -0.4 is 0 Å². The van der Waals surface area contributed by atoms with Gasteiger partial charge in [0.2, 0.25) is 0 Å². The summed E-state index contributed by atoms with van der Waals surface area (Å²) in [7, 11) is 1.28. The lowest BCUT2D eigenvalue weighted by Crippen LogP contribution is -2.06. The van der Waals surface area contributed by atoms with Crippen LogP contribution in [0.15, 0.2) is 36.4 Å². The van der Waals surface area contributed by atoms with Crippen molar-refractivity contribution >= 4 is 11.9 Å². The molecule has 0 aliphatic heterocycles. The minimum absolute atomic E-state index is 0.0626. The maximum atomic E-state index is 11.2. The van der Waals surface area contributed by atoms with Crippen LogP contribution in [0.1, 0.15) is 28.4 Å². The third kappa shape index (κ3) is 3.43. The zero-order chi connectivity index (χ0) is 13.7. The lowest BCUT2D eigenvalue weighted by molar-refractivity contribution is -0.133. The summed E-state index contributed by atoms with van der Waals surface area (Å²) in [5.41, 5.74) is 0.815. The smallest absolute Gasteiger partial charge is 0.337 e. The predicted molar refractivity (Wildman–Crippen MR) is 64.1 cm³/mol. The summed E-state index contributed by atoms with van der Waals surface area (Å²) in [6.07, 6.45) is -1.02. The molecule has 0 amide bonds. The molecule has 1 atom stereocenters. The number of hydrogen-bond donors (Lipinski definition) is 2. The number of rotatable bonds is 5. The molecule has 0 radical (unpaired) electrons. The van der Waals surface area contributed by atoms with E-state index in [9.17, 15) is 14.7 Å². The van der Waals surface area contributed by atoms with Crippen molar-refractivity contribution in [2.75, 3.05) is 7.11 Å². The first-order chi connectivity index (χ1) is 8.45. The van der Waals surface area contributed by atoms with Gasteiger partial charge in [0, 0.05) is 12.0 Å². The first-order valence-corrected chi connectivity index (χ1v) is 5.23. The number of aliphatic carboxylic acids is 1. The number of hydrogen-bond acceptors (Lipinski definition) is 4. The third-order valence-electron chi connectivity index (χ3n) is 2.46. The van der Waals surface area contributed by atoms with E-state index >= 15 is 0 Å². The van der Waals surface area contributed by atoms with E-state index < -0.39 is 18.0 Å². The first-order valence-electron chi connectivity index (χ1n) is 5.23. The van der Waals surface area contributed by atoms with Gasteiger partial charge in [-0.3, -0.25) is 0 Å². The number of aliphatic hydroxyl groups excluding tert-OH is 1. The van der Waals surface area contributed by atoms with Crippen LogP contribution in [0.3, 0.4) is 0 Å². The Kier molecular flexibility index (Phi) is 4.62. The Morgan fingerprint density at radius 3 is 2.33 bits per heavy atom. The minimum Gasteiger partial charge on any atom is -0.478 e. The van der Waals surface area contributed by atoms with Crippen LogP contribution in [0, 0.1) is 0 Å². The van der Waals surface area contributed by atoms with Crippen molar-refractivity contribution in [2.45, 2.75) is 12.5 Å². The molecule has 0 aromatic heterocycles. The number of ether oxygens (including phenoxy) is 1. The lowest BCUT2D eigenvalue weighted by Gasteiger charge is -2.11. The van der Waals surface area contributed by atoms with E-state index in [4.69, 9.17) is 5.11 Å². The normalized spacial score (nSPS) is 11.7. The molecule has 0 bridgehead atoms. The number of aliphatic hydroxyl groups is 1. The number of carbonyl (C=O) groups is 2. The van der Waals surface area contributed by atoms with Crippen LogP contribution in [0.25, 0.3) is 0 Å². The Balaban J connectivity index is 2.76. The summed E-state index contributed by atoms with van der Waals surface area (Å²) in [4.78, 5) is 21.8. The van der Waals surface area contributed by atoms with Gasteiger partial charge in [0.1, 0.15) is 0 Å². The highest BCUT2D eigenvalue weighted by molar-refractivity contribution is 5.89. The fraction of sp³-hybridized carbons (Fsp3) is 0.231. The number of methoxy groups -OCH3 is 1. The van der Waals surface area contributed by atoms with E-state index in [2.05, 4.69) is 11.3 Å². The first kappa shape index (κ1) is 13.9. The van der Waals surface area contributed by atoms with Crippen molar-refractivity contribution in [3.63, 3.8) is 0 Å². The van der Waals surface area contributed by atoms with Gasteiger partial charge in [0.25, 0.3) is 0 Å². The Hall–Kier alpha value is -2.14.